The van der Waals surface area contributed by atoms with Gasteiger partial charge in [0.15, 0.2) is 5.43 Å². The van der Waals surface area contributed by atoms with E-state index in [1.54, 1.807) is 13.0 Å². The number of phenols is 3. The van der Waals surface area contributed by atoms with Gasteiger partial charge in [-0.2, -0.15) is 0 Å². The standard InChI is InChI=1S/C18H16O6/c1-8-16(21)9(2)18-15(17(8)22)13(20)7-14(24-18)11-6-10(23-3)4-5-12(11)19/h4-7,19,21-22H,1-3H3. The molecule has 0 amide bonds. The summed E-state index contributed by atoms with van der Waals surface area (Å²) in [5, 5.41) is 30.3. The third kappa shape index (κ3) is 2.23. The average molecular weight is 328 g/mol. The van der Waals surface area contributed by atoms with Crippen molar-refractivity contribution in [2.45, 2.75) is 13.8 Å². The highest BCUT2D eigenvalue weighted by molar-refractivity contribution is 5.91. The predicted molar refractivity (Wildman–Crippen MR) is 88.9 cm³/mol. The molecular weight excluding hydrogens is 312 g/mol. The van der Waals surface area contributed by atoms with Crippen LogP contribution in [0.25, 0.3) is 22.3 Å². The minimum absolute atomic E-state index is 0.00561. The minimum Gasteiger partial charge on any atom is -0.507 e. The van der Waals surface area contributed by atoms with Gasteiger partial charge in [-0.3, -0.25) is 4.79 Å². The van der Waals surface area contributed by atoms with E-state index in [4.69, 9.17) is 9.15 Å². The van der Waals surface area contributed by atoms with Crippen LogP contribution in [0, 0.1) is 13.8 Å². The van der Waals surface area contributed by atoms with Crippen LogP contribution in [0.1, 0.15) is 11.1 Å². The molecule has 6 heteroatoms. The second-order valence-electron chi connectivity index (χ2n) is 5.51. The Labute approximate surface area is 137 Å². The van der Waals surface area contributed by atoms with Crippen molar-refractivity contribution in [3.05, 3.63) is 45.6 Å². The van der Waals surface area contributed by atoms with Gasteiger partial charge in [-0.1, -0.05) is 0 Å². The second-order valence-corrected chi connectivity index (χ2v) is 5.51. The molecule has 0 aliphatic heterocycles. The second kappa shape index (κ2) is 5.49. The van der Waals surface area contributed by atoms with Gasteiger partial charge < -0.3 is 24.5 Å². The first kappa shape index (κ1) is 15.7. The fraction of sp³-hybridized carbons (Fsp3) is 0.167. The molecular formula is C18H16O6. The molecule has 3 N–H and O–H groups in total. The lowest BCUT2D eigenvalue weighted by atomic mass is 10.0. The van der Waals surface area contributed by atoms with E-state index < -0.39 is 5.43 Å². The van der Waals surface area contributed by atoms with Gasteiger partial charge in [0.05, 0.1) is 12.7 Å². The third-order valence-corrected chi connectivity index (χ3v) is 4.06. The van der Waals surface area contributed by atoms with Crippen LogP contribution >= 0.6 is 0 Å². The zero-order valence-electron chi connectivity index (χ0n) is 13.4. The SMILES string of the molecule is COc1ccc(O)c(-c2cc(=O)c3c(O)c(C)c(O)c(C)c3o2)c1. The van der Waals surface area contributed by atoms with E-state index in [1.807, 2.05) is 0 Å². The summed E-state index contributed by atoms with van der Waals surface area (Å²) in [5.41, 5.74) is 0.413. The van der Waals surface area contributed by atoms with Crippen LogP contribution in [0.2, 0.25) is 0 Å². The number of fused-ring (bicyclic) bond motifs is 1. The predicted octanol–water partition coefficient (Wildman–Crippen LogP) is 3.20. The molecule has 0 unspecified atom stereocenters. The van der Waals surface area contributed by atoms with Gasteiger partial charge in [-0.25, -0.2) is 0 Å². The molecule has 24 heavy (non-hydrogen) atoms. The van der Waals surface area contributed by atoms with Crippen molar-refractivity contribution in [1.29, 1.82) is 0 Å². The smallest absolute Gasteiger partial charge is 0.197 e. The van der Waals surface area contributed by atoms with E-state index in [0.29, 0.717) is 11.3 Å². The molecule has 1 aromatic heterocycles. The highest BCUT2D eigenvalue weighted by Gasteiger charge is 2.20. The number of rotatable bonds is 2. The van der Waals surface area contributed by atoms with E-state index >= 15 is 0 Å². The highest BCUT2D eigenvalue weighted by atomic mass is 16.5. The van der Waals surface area contributed by atoms with Crippen LogP contribution in [0.5, 0.6) is 23.0 Å². The first-order chi connectivity index (χ1) is 11.3. The number of phenolic OH excluding ortho intramolecular Hbond substituents is 3. The van der Waals surface area contributed by atoms with Crippen LogP contribution in [-0.2, 0) is 0 Å². The Bertz CT molecular complexity index is 1020. The zero-order valence-corrected chi connectivity index (χ0v) is 13.4. The minimum atomic E-state index is -0.475. The summed E-state index contributed by atoms with van der Waals surface area (Å²) in [4.78, 5) is 12.5. The van der Waals surface area contributed by atoms with Gasteiger partial charge in [-0.15, -0.1) is 0 Å². The van der Waals surface area contributed by atoms with Crippen LogP contribution in [0.3, 0.4) is 0 Å². The topological polar surface area (TPSA) is 100 Å². The number of methoxy groups -OCH3 is 1. The summed E-state index contributed by atoms with van der Waals surface area (Å²) < 4.78 is 10.8. The maximum Gasteiger partial charge on any atom is 0.197 e. The summed E-state index contributed by atoms with van der Waals surface area (Å²) in [5.74, 6) is 0.0430. The largest absolute Gasteiger partial charge is 0.507 e. The number of hydrogen-bond donors (Lipinski definition) is 3. The number of aryl methyl sites for hydroxylation is 1. The van der Waals surface area contributed by atoms with Crippen molar-refractivity contribution in [1.82, 2.24) is 0 Å². The number of ether oxygens (including phenoxy) is 1. The summed E-state index contributed by atoms with van der Waals surface area (Å²) >= 11 is 0. The maximum atomic E-state index is 12.5. The van der Waals surface area contributed by atoms with Crippen LogP contribution in [-0.4, -0.2) is 22.4 Å². The molecule has 0 radical (unpaired) electrons. The molecule has 0 aliphatic carbocycles. The van der Waals surface area contributed by atoms with Gasteiger partial charge in [0, 0.05) is 17.2 Å². The summed E-state index contributed by atoms with van der Waals surface area (Å²) in [7, 11) is 1.48. The Hall–Kier alpha value is -3.15. The van der Waals surface area contributed by atoms with Crippen molar-refractivity contribution in [3.63, 3.8) is 0 Å². The fourth-order valence-corrected chi connectivity index (χ4v) is 2.64. The highest BCUT2D eigenvalue weighted by Crippen LogP contribution is 2.40. The quantitative estimate of drug-likeness (QED) is 0.668. The van der Waals surface area contributed by atoms with Crippen molar-refractivity contribution >= 4 is 11.0 Å². The Morgan fingerprint density at radius 1 is 1.00 bits per heavy atom. The van der Waals surface area contributed by atoms with Gasteiger partial charge in [0.2, 0.25) is 0 Å². The molecule has 0 bridgehead atoms. The molecule has 1 heterocycles. The monoisotopic (exact) mass is 328 g/mol. The molecule has 3 rings (SSSR count). The van der Waals surface area contributed by atoms with Crippen LogP contribution < -0.4 is 10.2 Å². The lowest BCUT2D eigenvalue weighted by molar-refractivity contribution is 0.412. The number of benzene rings is 2. The molecule has 124 valence electrons. The maximum absolute atomic E-state index is 12.5. The Balaban J connectivity index is 2.40. The van der Waals surface area contributed by atoms with Gasteiger partial charge in [-0.05, 0) is 32.0 Å². The van der Waals surface area contributed by atoms with Crippen molar-refractivity contribution in [2.75, 3.05) is 7.11 Å². The molecule has 0 fully saturated rings. The Morgan fingerprint density at radius 2 is 1.71 bits per heavy atom. The molecule has 0 saturated heterocycles. The lowest BCUT2D eigenvalue weighted by Gasteiger charge is -2.12. The molecule has 6 nitrogen and oxygen atoms in total. The van der Waals surface area contributed by atoms with E-state index in [1.165, 1.54) is 32.2 Å². The molecule has 2 aromatic carbocycles. The van der Waals surface area contributed by atoms with Crippen molar-refractivity contribution < 1.29 is 24.5 Å². The van der Waals surface area contributed by atoms with E-state index in [-0.39, 0.29) is 45.1 Å². The van der Waals surface area contributed by atoms with E-state index in [9.17, 15) is 20.1 Å². The van der Waals surface area contributed by atoms with Gasteiger partial charge in [0.25, 0.3) is 0 Å². The van der Waals surface area contributed by atoms with E-state index in [2.05, 4.69) is 0 Å². The van der Waals surface area contributed by atoms with Gasteiger partial charge in [0.1, 0.15) is 39.7 Å². The third-order valence-electron chi connectivity index (χ3n) is 4.06. The summed E-state index contributed by atoms with van der Waals surface area (Å²) in [6.07, 6.45) is 0. The number of hydrogen-bond acceptors (Lipinski definition) is 6. The molecule has 3 aromatic rings. The van der Waals surface area contributed by atoms with E-state index in [0.717, 1.165) is 0 Å². The van der Waals surface area contributed by atoms with Crippen LogP contribution in [0.15, 0.2) is 33.5 Å². The molecule has 0 spiro atoms. The Kier molecular flexibility index (Phi) is 3.60. The molecule has 0 atom stereocenters. The lowest BCUT2D eigenvalue weighted by Crippen LogP contribution is -2.03. The average Bonchev–Trinajstić information content (AvgIpc) is 2.57. The molecule has 0 saturated carbocycles. The fourth-order valence-electron chi connectivity index (χ4n) is 2.64. The Morgan fingerprint density at radius 3 is 2.38 bits per heavy atom. The van der Waals surface area contributed by atoms with Crippen LogP contribution in [0.4, 0.5) is 0 Å². The summed E-state index contributed by atoms with van der Waals surface area (Å²) in [6.45, 7) is 3.10. The van der Waals surface area contributed by atoms with Crippen molar-refractivity contribution in [3.8, 4) is 34.3 Å². The molecule has 0 aliphatic rings. The normalized spacial score (nSPS) is 11.0. The zero-order chi connectivity index (χ0) is 17.6. The van der Waals surface area contributed by atoms with Crippen molar-refractivity contribution in [2.24, 2.45) is 0 Å². The van der Waals surface area contributed by atoms with Gasteiger partial charge >= 0.3 is 0 Å². The number of aromatic hydroxyl groups is 3. The summed E-state index contributed by atoms with van der Waals surface area (Å²) in [6, 6.07) is 5.72. The first-order valence-corrected chi connectivity index (χ1v) is 7.21. The first-order valence-electron chi connectivity index (χ1n) is 7.21.